The number of halogens is 1. The molecule has 2 aromatic carbocycles. The maximum atomic E-state index is 6.55. The highest BCUT2D eigenvalue weighted by molar-refractivity contribution is 6.20. The highest BCUT2D eigenvalue weighted by Gasteiger charge is 2.15. The average molecular weight is 273 g/mol. The lowest BCUT2D eigenvalue weighted by atomic mass is 10.0. The molecule has 1 atom stereocenters. The highest BCUT2D eigenvalue weighted by Crippen LogP contribution is 2.32. The van der Waals surface area contributed by atoms with Gasteiger partial charge >= 0.3 is 0 Å². The molecule has 0 amide bonds. The van der Waals surface area contributed by atoms with E-state index in [1.807, 2.05) is 6.07 Å². The maximum absolute atomic E-state index is 6.55. The number of benzene rings is 2. The SMILES string of the molecule is Cc1cccc(CC(Cl)c2ccc3c(c2)CCO3)c1. The molecule has 0 spiro atoms. The van der Waals surface area contributed by atoms with Crippen molar-refractivity contribution < 1.29 is 4.74 Å². The molecule has 0 saturated heterocycles. The summed E-state index contributed by atoms with van der Waals surface area (Å²) in [5, 5.41) is 0.0210. The van der Waals surface area contributed by atoms with E-state index < -0.39 is 0 Å². The second-order valence-corrected chi connectivity index (χ2v) is 5.65. The van der Waals surface area contributed by atoms with Crippen molar-refractivity contribution in [2.75, 3.05) is 6.61 Å². The predicted octanol–water partition coefficient (Wildman–Crippen LogP) is 4.45. The van der Waals surface area contributed by atoms with E-state index in [0.29, 0.717) is 0 Å². The average Bonchev–Trinajstić information content (AvgIpc) is 2.85. The molecule has 2 heteroatoms. The number of fused-ring (bicyclic) bond motifs is 1. The van der Waals surface area contributed by atoms with Gasteiger partial charge in [-0.2, -0.15) is 0 Å². The van der Waals surface area contributed by atoms with E-state index in [1.165, 1.54) is 22.3 Å². The standard InChI is InChI=1S/C17H17ClO/c1-12-3-2-4-13(9-12)10-16(18)14-5-6-17-15(11-14)7-8-19-17/h2-6,9,11,16H,7-8,10H2,1H3. The first-order chi connectivity index (χ1) is 9.22. The Morgan fingerprint density at radius 3 is 2.95 bits per heavy atom. The molecule has 0 aromatic heterocycles. The van der Waals surface area contributed by atoms with E-state index in [0.717, 1.165) is 25.2 Å². The van der Waals surface area contributed by atoms with Crippen molar-refractivity contribution in [3.8, 4) is 5.75 Å². The topological polar surface area (TPSA) is 9.23 Å². The third-order valence-electron chi connectivity index (χ3n) is 3.57. The molecule has 1 unspecified atom stereocenters. The minimum Gasteiger partial charge on any atom is -0.493 e. The summed E-state index contributed by atoms with van der Waals surface area (Å²) in [6, 6.07) is 14.9. The zero-order valence-corrected chi connectivity index (χ0v) is 11.8. The van der Waals surface area contributed by atoms with Crippen LogP contribution in [0.1, 0.15) is 27.6 Å². The number of ether oxygens (including phenoxy) is 1. The molecule has 0 bridgehead atoms. The van der Waals surface area contributed by atoms with Crippen LogP contribution in [0.4, 0.5) is 0 Å². The molecule has 1 nitrogen and oxygen atoms in total. The van der Waals surface area contributed by atoms with Crippen LogP contribution in [0.2, 0.25) is 0 Å². The van der Waals surface area contributed by atoms with Gasteiger partial charge in [0.05, 0.1) is 12.0 Å². The monoisotopic (exact) mass is 272 g/mol. The molecule has 0 N–H and O–H groups in total. The van der Waals surface area contributed by atoms with Gasteiger partial charge in [0, 0.05) is 6.42 Å². The zero-order valence-electron chi connectivity index (χ0n) is 11.0. The van der Waals surface area contributed by atoms with Gasteiger partial charge in [-0.3, -0.25) is 0 Å². The Bertz CT molecular complexity index is 592. The lowest BCUT2D eigenvalue weighted by Crippen LogP contribution is -1.97. The van der Waals surface area contributed by atoms with Gasteiger partial charge in [0.1, 0.15) is 5.75 Å². The summed E-state index contributed by atoms with van der Waals surface area (Å²) in [4.78, 5) is 0. The fourth-order valence-electron chi connectivity index (χ4n) is 2.57. The van der Waals surface area contributed by atoms with Crippen LogP contribution in [-0.2, 0) is 12.8 Å². The van der Waals surface area contributed by atoms with E-state index >= 15 is 0 Å². The van der Waals surface area contributed by atoms with Crippen molar-refractivity contribution in [2.24, 2.45) is 0 Å². The Kier molecular flexibility index (Phi) is 3.48. The Balaban J connectivity index is 1.78. The van der Waals surface area contributed by atoms with Crippen molar-refractivity contribution in [2.45, 2.75) is 25.1 Å². The predicted molar refractivity (Wildman–Crippen MR) is 79.1 cm³/mol. The number of alkyl halides is 1. The van der Waals surface area contributed by atoms with Crippen molar-refractivity contribution in [1.29, 1.82) is 0 Å². The fraction of sp³-hybridized carbons (Fsp3) is 0.294. The molecule has 1 heterocycles. The molecule has 0 fully saturated rings. The number of hydrogen-bond donors (Lipinski definition) is 0. The van der Waals surface area contributed by atoms with Gasteiger partial charge in [-0.25, -0.2) is 0 Å². The first-order valence-electron chi connectivity index (χ1n) is 6.67. The van der Waals surface area contributed by atoms with Gasteiger partial charge in [0.25, 0.3) is 0 Å². The van der Waals surface area contributed by atoms with Gasteiger partial charge in [-0.05, 0) is 36.1 Å². The molecule has 98 valence electrons. The van der Waals surface area contributed by atoms with Gasteiger partial charge in [-0.1, -0.05) is 42.0 Å². The van der Waals surface area contributed by atoms with Crippen molar-refractivity contribution >= 4 is 11.6 Å². The molecule has 19 heavy (non-hydrogen) atoms. The maximum Gasteiger partial charge on any atom is 0.122 e. The van der Waals surface area contributed by atoms with Crippen LogP contribution in [0.3, 0.4) is 0 Å². The summed E-state index contributed by atoms with van der Waals surface area (Å²) in [7, 11) is 0. The van der Waals surface area contributed by atoms with Gasteiger partial charge in [0.15, 0.2) is 0 Å². The Labute approximate surface area is 119 Å². The van der Waals surface area contributed by atoms with E-state index in [-0.39, 0.29) is 5.38 Å². The van der Waals surface area contributed by atoms with E-state index in [9.17, 15) is 0 Å². The van der Waals surface area contributed by atoms with Crippen LogP contribution in [-0.4, -0.2) is 6.61 Å². The summed E-state index contributed by atoms with van der Waals surface area (Å²) in [6.07, 6.45) is 1.86. The quantitative estimate of drug-likeness (QED) is 0.750. The summed E-state index contributed by atoms with van der Waals surface area (Å²) in [5.74, 6) is 1.02. The van der Waals surface area contributed by atoms with Crippen LogP contribution >= 0.6 is 11.6 Å². The molecule has 0 aliphatic carbocycles. The lowest BCUT2D eigenvalue weighted by molar-refractivity contribution is 0.357. The summed E-state index contributed by atoms with van der Waals surface area (Å²) >= 11 is 6.55. The summed E-state index contributed by atoms with van der Waals surface area (Å²) < 4.78 is 5.52. The van der Waals surface area contributed by atoms with E-state index in [2.05, 4.69) is 43.3 Å². The zero-order chi connectivity index (χ0) is 13.2. The molecule has 1 aliphatic heterocycles. The molecule has 0 radical (unpaired) electrons. The Morgan fingerprint density at radius 2 is 2.11 bits per heavy atom. The second-order valence-electron chi connectivity index (χ2n) is 5.13. The van der Waals surface area contributed by atoms with Gasteiger partial charge in [-0.15, -0.1) is 11.6 Å². The van der Waals surface area contributed by atoms with Crippen molar-refractivity contribution in [1.82, 2.24) is 0 Å². The molecular formula is C17H17ClO. The minimum atomic E-state index is 0.0210. The number of rotatable bonds is 3. The molecule has 3 rings (SSSR count). The Morgan fingerprint density at radius 1 is 1.21 bits per heavy atom. The summed E-state index contributed by atoms with van der Waals surface area (Å²) in [6.45, 7) is 2.91. The fourth-order valence-corrected chi connectivity index (χ4v) is 2.88. The second kappa shape index (κ2) is 5.26. The first kappa shape index (κ1) is 12.6. The molecule has 1 aliphatic rings. The van der Waals surface area contributed by atoms with E-state index in [4.69, 9.17) is 16.3 Å². The number of aryl methyl sites for hydroxylation is 1. The van der Waals surface area contributed by atoms with E-state index in [1.54, 1.807) is 0 Å². The molecular weight excluding hydrogens is 256 g/mol. The van der Waals surface area contributed by atoms with Crippen molar-refractivity contribution in [3.63, 3.8) is 0 Å². The molecule has 2 aromatic rings. The van der Waals surface area contributed by atoms with Crippen LogP contribution < -0.4 is 4.74 Å². The normalized spacial score (nSPS) is 14.8. The number of hydrogen-bond acceptors (Lipinski definition) is 1. The van der Waals surface area contributed by atoms with Crippen LogP contribution in [0.25, 0.3) is 0 Å². The van der Waals surface area contributed by atoms with Crippen LogP contribution in [0.15, 0.2) is 42.5 Å². The lowest BCUT2D eigenvalue weighted by Gasteiger charge is -2.11. The Hall–Kier alpha value is -1.47. The largest absolute Gasteiger partial charge is 0.493 e. The summed E-state index contributed by atoms with van der Waals surface area (Å²) in [5.41, 5.74) is 5.04. The first-order valence-corrected chi connectivity index (χ1v) is 7.11. The van der Waals surface area contributed by atoms with Gasteiger partial charge in [0.2, 0.25) is 0 Å². The van der Waals surface area contributed by atoms with Crippen LogP contribution in [0, 0.1) is 6.92 Å². The molecule has 0 saturated carbocycles. The smallest absolute Gasteiger partial charge is 0.122 e. The minimum absolute atomic E-state index is 0.0210. The third-order valence-corrected chi connectivity index (χ3v) is 3.98. The third kappa shape index (κ3) is 2.76. The van der Waals surface area contributed by atoms with Gasteiger partial charge < -0.3 is 4.74 Å². The van der Waals surface area contributed by atoms with Crippen LogP contribution in [0.5, 0.6) is 5.75 Å². The highest BCUT2D eigenvalue weighted by atomic mass is 35.5. The van der Waals surface area contributed by atoms with Crippen molar-refractivity contribution in [3.05, 3.63) is 64.7 Å².